The van der Waals surface area contributed by atoms with Gasteiger partial charge < -0.3 is 33.6 Å². The molecule has 1 aliphatic carbocycles. The number of nitrogens with one attached hydrogen (secondary N) is 3. The summed E-state index contributed by atoms with van der Waals surface area (Å²) < 4.78 is 16.4. The molecule has 0 radical (unpaired) electrons. The molecule has 16 rings (SSSR count). The second kappa shape index (κ2) is 37.5. The fourth-order valence-corrected chi connectivity index (χ4v) is 15.8. The zero-order valence-corrected chi connectivity index (χ0v) is 75.3. The summed E-state index contributed by atoms with van der Waals surface area (Å²) in [5.41, 5.74) is 23.1. The first-order valence-corrected chi connectivity index (χ1v) is 42.4. The minimum Gasteiger partial charge on any atom is -0.454 e. The van der Waals surface area contributed by atoms with Gasteiger partial charge in [-0.3, -0.25) is 0 Å². The molecule has 0 spiro atoms. The van der Waals surface area contributed by atoms with Gasteiger partial charge >= 0.3 is 0 Å². The van der Waals surface area contributed by atoms with E-state index in [1.54, 1.807) is 0 Å². The zero-order valence-electron chi connectivity index (χ0n) is 74.5. The lowest BCUT2D eigenvalue weighted by Gasteiger charge is -2.18. The summed E-state index contributed by atoms with van der Waals surface area (Å²) in [5, 5.41) is 8.93. The summed E-state index contributed by atoms with van der Waals surface area (Å²) >= 11 is 1.85. The monoisotopic (exact) mass is 1550 g/mol. The summed E-state index contributed by atoms with van der Waals surface area (Å²) in [6.07, 6.45) is 22.6. The standard InChI is InChI=1S/C14H19N.C14H18.C13H18N2.3C13H17N.C13H16S.C12H16O2/c1-14(2,3)10-11-6-5-7-13-12(11)8-9-15(13)4;1-14(2,3)10-11-7-8-12-5-4-6-13(12)9-11;1-13(2,3)9-12-14-10-7-5-6-8-11(10)15(12)4;1-13(2,3)9-10-4-5-11-6-7-14-12(11)8-10;1-13(2,3)9-10-5-4-6-12-11(10)7-8-14-12;2*1-13(2,3)9-11-6-4-5-10-7-8-14-12(10)11;1-12(2,3)7-9-4-5-10-11(6-9)14-8-13-10/h5-9H,10H2,1-4H3;4,6-9H,5,10H2,1-3H3;5-8H,9H2,1-4H3;3*4-8,14H,9H2,1-3H3;4-8H,9H2,1-3H3;4-6H,7-8H2,1-3H3. The van der Waals surface area contributed by atoms with Gasteiger partial charge in [0, 0.05) is 82.8 Å². The maximum absolute atomic E-state index is 5.33. The number of para-hydroxylation sites is 3. The first-order chi connectivity index (χ1) is 53.3. The van der Waals surface area contributed by atoms with Crippen molar-refractivity contribution in [3.8, 4) is 11.5 Å². The summed E-state index contributed by atoms with van der Waals surface area (Å²) in [6.45, 7) is 54.8. The molecule has 0 saturated heterocycles. The molecule has 0 saturated carbocycles. The van der Waals surface area contributed by atoms with E-state index < -0.39 is 0 Å². The van der Waals surface area contributed by atoms with Crippen LogP contribution in [0.25, 0.3) is 70.8 Å². The second-order valence-electron chi connectivity index (χ2n) is 41.4. The van der Waals surface area contributed by atoms with Gasteiger partial charge in [-0.25, -0.2) is 4.98 Å². The number of nitrogens with zero attached hydrogens (tertiary/aromatic N) is 3. The topological polar surface area (TPSA) is 88.6 Å². The number of rotatable bonds is 8. The van der Waals surface area contributed by atoms with Crippen molar-refractivity contribution in [3.05, 3.63) is 274 Å². The third kappa shape index (κ3) is 28.3. The molecule has 8 aromatic carbocycles. The van der Waals surface area contributed by atoms with Crippen molar-refractivity contribution in [2.75, 3.05) is 6.79 Å². The number of thiophene rings is 1. The van der Waals surface area contributed by atoms with Crippen molar-refractivity contribution in [2.24, 2.45) is 57.4 Å². The van der Waals surface area contributed by atoms with Gasteiger partial charge in [-0.2, -0.15) is 0 Å². The van der Waals surface area contributed by atoms with Gasteiger partial charge in [-0.15, -0.1) is 11.3 Å². The summed E-state index contributed by atoms with van der Waals surface area (Å²) in [4.78, 5) is 14.5. The van der Waals surface area contributed by atoms with E-state index in [4.69, 9.17) is 9.47 Å². The third-order valence-electron chi connectivity index (χ3n) is 19.5. The minimum absolute atomic E-state index is 0.287. The van der Waals surface area contributed by atoms with Crippen molar-refractivity contribution in [2.45, 2.75) is 224 Å². The maximum atomic E-state index is 5.33. The number of ether oxygens (including phenoxy) is 2. The first-order valence-electron chi connectivity index (χ1n) is 41.5. The molecular weight excluding hydrogens is 1410 g/mol. The van der Waals surface area contributed by atoms with Crippen LogP contribution in [0.5, 0.6) is 11.5 Å². The van der Waals surface area contributed by atoms with Crippen LogP contribution in [0.1, 0.15) is 222 Å². The van der Waals surface area contributed by atoms with Crippen molar-refractivity contribution >= 4 is 82.1 Å². The van der Waals surface area contributed by atoms with E-state index in [1.165, 1.54) is 115 Å². The highest BCUT2D eigenvalue weighted by Gasteiger charge is 2.22. The SMILES string of the molecule is CC(C)(C)Cc1ccc2c(c1)C=CC2.CC(C)(C)Cc1ccc2c(c1)OCO2.CC(C)(C)Cc1ccc2cc[nH]c2c1.CC(C)(C)Cc1cccc2[nH]ccc12.CC(C)(C)Cc1cccc2cc[nH]c12.CC(C)(C)Cc1cccc2ccsc12.Cn1c(CC(C)(C)C)nc2ccccc21.Cn1ccc2c(CC(C)(C)C)cccc21. The van der Waals surface area contributed by atoms with Crippen LogP contribution in [0.3, 0.4) is 0 Å². The average Bonchev–Trinajstić information content (AvgIpc) is 1.66. The molecule has 1 aliphatic heterocycles. The lowest BCUT2D eigenvalue weighted by Crippen LogP contribution is -2.12. The van der Waals surface area contributed by atoms with Crippen molar-refractivity contribution in [3.63, 3.8) is 0 Å². The predicted molar refractivity (Wildman–Crippen MR) is 497 cm³/mol. The Balaban J connectivity index is 0.000000149. The molecule has 14 aromatic rings. The number of hydrogen-bond donors (Lipinski definition) is 3. The minimum atomic E-state index is 0.287. The fourth-order valence-electron chi connectivity index (χ4n) is 14.9. The molecule has 0 atom stereocenters. The Hall–Kier alpha value is -9.31. The van der Waals surface area contributed by atoms with Crippen LogP contribution in [0.4, 0.5) is 0 Å². The van der Waals surface area contributed by atoms with Crippen LogP contribution in [-0.4, -0.2) is 35.9 Å². The smallest absolute Gasteiger partial charge is 0.231 e. The lowest BCUT2D eigenvalue weighted by atomic mass is 9.87. The van der Waals surface area contributed by atoms with E-state index in [0.717, 1.165) is 74.8 Å². The van der Waals surface area contributed by atoms with E-state index in [9.17, 15) is 0 Å². The van der Waals surface area contributed by atoms with Gasteiger partial charge in [0.15, 0.2) is 11.5 Å². The molecule has 9 heteroatoms. The van der Waals surface area contributed by atoms with Crippen molar-refractivity contribution in [1.29, 1.82) is 0 Å². The van der Waals surface area contributed by atoms with E-state index in [1.807, 2.05) is 42.1 Å². The van der Waals surface area contributed by atoms with Gasteiger partial charge in [0.2, 0.25) is 6.79 Å². The van der Waals surface area contributed by atoms with Crippen LogP contribution in [-0.2, 0) is 71.9 Å². The highest BCUT2D eigenvalue weighted by Crippen LogP contribution is 2.37. The highest BCUT2D eigenvalue weighted by molar-refractivity contribution is 7.17. The first kappa shape index (κ1) is 88.6. The molecule has 3 N–H and O–H groups in total. The predicted octanol–water partition coefficient (Wildman–Crippen LogP) is 29.5. The number of aromatic amines is 3. The molecule has 6 aromatic heterocycles. The molecule has 606 valence electrons. The second-order valence-corrected chi connectivity index (χ2v) is 42.4. The number of allylic oxidation sites excluding steroid dienone is 1. The highest BCUT2D eigenvalue weighted by atomic mass is 32.1. The van der Waals surface area contributed by atoms with Crippen LogP contribution < -0.4 is 9.47 Å². The Labute approximate surface area is 690 Å². The lowest BCUT2D eigenvalue weighted by molar-refractivity contribution is 0.174. The molecule has 0 unspecified atom stereocenters. The molecule has 0 fully saturated rings. The number of H-pyrrole nitrogens is 3. The van der Waals surface area contributed by atoms with E-state index in [0.29, 0.717) is 44.7 Å². The van der Waals surface area contributed by atoms with E-state index in [-0.39, 0.29) is 5.41 Å². The van der Waals surface area contributed by atoms with Gasteiger partial charge in [0.25, 0.3) is 0 Å². The molecule has 0 bridgehead atoms. The molecule has 8 nitrogen and oxygen atoms in total. The van der Waals surface area contributed by atoms with Crippen molar-refractivity contribution in [1.82, 2.24) is 29.1 Å². The number of imidazole rings is 1. The van der Waals surface area contributed by atoms with Crippen LogP contribution in [0, 0.1) is 43.3 Å². The van der Waals surface area contributed by atoms with Crippen LogP contribution in [0.2, 0.25) is 0 Å². The van der Waals surface area contributed by atoms with Gasteiger partial charge in [-0.1, -0.05) is 288 Å². The Kier molecular flexibility index (Phi) is 29.2. The normalized spacial score (nSPS) is 12.8. The van der Waals surface area contributed by atoms with Crippen LogP contribution >= 0.6 is 11.3 Å². The molecule has 114 heavy (non-hydrogen) atoms. The number of benzene rings is 8. The largest absolute Gasteiger partial charge is 0.454 e. The van der Waals surface area contributed by atoms with E-state index in [2.05, 4.69) is 403 Å². The Morgan fingerprint density at radius 2 is 0.886 bits per heavy atom. The molecule has 7 heterocycles. The average molecular weight is 1550 g/mol. The fraction of sp³-hybridized carbons (Fsp3) is 0.419. The molecular formula is C105H138N6O2S. The van der Waals surface area contributed by atoms with Crippen molar-refractivity contribution < 1.29 is 9.47 Å². The summed E-state index contributed by atoms with van der Waals surface area (Å²) in [7, 11) is 4.19. The van der Waals surface area contributed by atoms with Gasteiger partial charge in [0.1, 0.15) is 5.82 Å². The Morgan fingerprint density at radius 1 is 0.386 bits per heavy atom. The van der Waals surface area contributed by atoms with E-state index >= 15 is 0 Å². The molecule has 0 amide bonds. The summed E-state index contributed by atoms with van der Waals surface area (Å²) in [5.74, 6) is 2.91. The number of aryl methyl sites for hydroxylation is 2. The maximum Gasteiger partial charge on any atom is 0.231 e. The zero-order chi connectivity index (χ0) is 83.2. The van der Waals surface area contributed by atoms with Crippen LogP contribution in [0.15, 0.2) is 218 Å². The number of fused-ring (bicyclic) bond motifs is 8. The Bertz CT molecular complexity index is 5190. The van der Waals surface area contributed by atoms with Gasteiger partial charge in [0.05, 0.1) is 11.0 Å². The quantitative estimate of drug-likeness (QED) is 0.142. The van der Waals surface area contributed by atoms with Gasteiger partial charge in [-0.05, 0) is 239 Å². The summed E-state index contributed by atoms with van der Waals surface area (Å²) in [6, 6.07) is 65.0. The third-order valence-corrected chi connectivity index (χ3v) is 20.5. The Morgan fingerprint density at radius 3 is 1.54 bits per heavy atom. The number of hydrogen-bond acceptors (Lipinski definition) is 4. The number of aromatic nitrogens is 6. The molecule has 2 aliphatic rings.